The molecular formula is C17H9Cl2N7O2S. The molecule has 1 N–H and O–H groups in total. The molecule has 0 unspecified atom stereocenters. The Labute approximate surface area is 176 Å². The molecule has 0 spiro atoms. The van der Waals surface area contributed by atoms with Crippen LogP contribution >= 0.6 is 34.5 Å². The fourth-order valence-corrected chi connectivity index (χ4v) is 4.27. The molecule has 0 aliphatic rings. The lowest BCUT2D eigenvalue weighted by molar-refractivity contribution is -0.384. The van der Waals surface area contributed by atoms with Crippen LogP contribution in [0, 0.1) is 10.1 Å². The molecule has 5 rings (SSSR count). The Bertz CT molecular complexity index is 1410. The first kappa shape index (κ1) is 18.0. The lowest BCUT2D eigenvalue weighted by Gasteiger charge is -1.99. The van der Waals surface area contributed by atoms with Crippen molar-refractivity contribution < 1.29 is 4.92 Å². The van der Waals surface area contributed by atoms with Gasteiger partial charge in [-0.15, -0.1) is 10.2 Å². The summed E-state index contributed by atoms with van der Waals surface area (Å²) in [5.74, 6) is 0.574. The average molecular weight is 446 g/mol. The van der Waals surface area contributed by atoms with Crippen molar-refractivity contribution in [2.24, 2.45) is 0 Å². The molecule has 2 aromatic carbocycles. The molecule has 0 aliphatic carbocycles. The van der Waals surface area contributed by atoms with Crippen molar-refractivity contribution in [2.75, 3.05) is 0 Å². The van der Waals surface area contributed by atoms with Gasteiger partial charge in [0.1, 0.15) is 0 Å². The van der Waals surface area contributed by atoms with Crippen LogP contribution in [0.15, 0.2) is 36.4 Å². The summed E-state index contributed by atoms with van der Waals surface area (Å²) in [5.41, 5.74) is 1.88. The van der Waals surface area contributed by atoms with Gasteiger partial charge in [-0.25, -0.2) is 0 Å². The summed E-state index contributed by atoms with van der Waals surface area (Å²) in [6, 6.07) is 9.91. The molecule has 0 amide bonds. The summed E-state index contributed by atoms with van der Waals surface area (Å²) >= 11 is 13.2. The van der Waals surface area contributed by atoms with Crippen LogP contribution in [-0.4, -0.2) is 34.9 Å². The first-order chi connectivity index (χ1) is 14.0. The van der Waals surface area contributed by atoms with E-state index in [1.807, 2.05) is 12.1 Å². The lowest BCUT2D eigenvalue weighted by atomic mass is 10.1. The maximum Gasteiger partial charge on any atom is 0.281 e. The van der Waals surface area contributed by atoms with Gasteiger partial charge in [-0.1, -0.05) is 34.5 Å². The van der Waals surface area contributed by atoms with E-state index in [0.717, 1.165) is 16.6 Å². The van der Waals surface area contributed by atoms with Crippen molar-refractivity contribution in [1.29, 1.82) is 0 Å². The smallest absolute Gasteiger partial charge is 0.281 e. The molecule has 0 saturated heterocycles. The molecule has 12 heteroatoms. The van der Waals surface area contributed by atoms with E-state index in [9.17, 15) is 10.1 Å². The van der Waals surface area contributed by atoms with Crippen LogP contribution in [0.3, 0.4) is 0 Å². The van der Waals surface area contributed by atoms with Gasteiger partial charge in [0.25, 0.3) is 5.69 Å². The Balaban J connectivity index is 1.57. The van der Waals surface area contributed by atoms with Gasteiger partial charge in [0, 0.05) is 21.5 Å². The molecule has 3 aromatic heterocycles. The van der Waals surface area contributed by atoms with Crippen molar-refractivity contribution >= 4 is 56.1 Å². The third-order valence-electron chi connectivity index (χ3n) is 4.37. The number of aromatic amines is 1. The van der Waals surface area contributed by atoms with Gasteiger partial charge >= 0.3 is 0 Å². The van der Waals surface area contributed by atoms with Crippen molar-refractivity contribution in [3.63, 3.8) is 0 Å². The number of benzene rings is 2. The number of hydrogen-bond acceptors (Lipinski definition) is 7. The van der Waals surface area contributed by atoms with E-state index in [1.165, 1.54) is 17.4 Å². The molecule has 0 bridgehead atoms. The molecule has 144 valence electrons. The zero-order chi connectivity index (χ0) is 20.1. The van der Waals surface area contributed by atoms with Gasteiger partial charge in [0.2, 0.25) is 4.96 Å². The molecule has 3 heterocycles. The fraction of sp³-hybridized carbons (Fsp3) is 0.0588. The van der Waals surface area contributed by atoms with E-state index in [2.05, 4.69) is 25.5 Å². The summed E-state index contributed by atoms with van der Waals surface area (Å²) in [5, 5.41) is 33.7. The predicted molar refractivity (Wildman–Crippen MR) is 110 cm³/mol. The predicted octanol–water partition coefficient (Wildman–Crippen LogP) is 4.53. The van der Waals surface area contributed by atoms with Crippen LogP contribution in [0.25, 0.3) is 26.4 Å². The zero-order valence-corrected chi connectivity index (χ0v) is 16.7. The molecule has 0 saturated carbocycles. The van der Waals surface area contributed by atoms with E-state index in [1.54, 1.807) is 22.7 Å². The number of nitrogens with zero attached hydrogens (tertiary/aromatic N) is 6. The fourth-order valence-electron chi connectivity index (χ4n) is 3.04. The number of hydrogen-bond donors (Lipinski definition) is 1. The Morgan fingerprint density at radius 1 is 1.14 bits per heavy atom. The second-order valence-corrected chi connectivity index (χ2v) is 8.01. The Morgan fingerprint density at radius 3 is 2.76 bits per heavy atom. The van der Waals surface area contributed by atoms with E-state index < -0.39 is 4.92 Å². The molecule has 0 fully saturated rings. The summed E-state index contributed by atoms with van der Waals surface area (Å²) < 4.78 is 1.58. The summed E-state index contributed by atoms with van der Waals surface area (Å²) in [4.78, 5) is 11.4. The highest BCUT2D eigenvalue weighted by Gasteiger charge is 2.22. The molecule has 5 aromatic rings. The van der Waals surface area contributed by atoms with Crippen molar-refractivity contribution in [1.82, 2.24) is 30.0 Å². The van der Waals surface area contributed by atoms with E-state index in [-0.39, 0.29) is 10.7 Å². The van der Waals surface area contributed by atoms with E-state index in [4.69, 9.17) is 23.2 Å². The minimum absolute atomic E-state index is 0.113. The monoisotopic (exact) mass is 445 g/mol. The quantitative estimate of drug-likeness (QED) is 0.320. The Hall–Kier alpha value is -3.08. The van der Waals surface area contributed by atoms with Gasteiger partial charge in [0.15, 0.2) is 10.8 Å². The third kappa shape index (κ3) is 3.11. The number of H-pyrrole nitrogens is 1. The Morgan fingerprint density at radius 2 is 1.93 bits per heavy atom. The van der Waals surface area contributed by atoms with Crippen molar-refractivity contribution in [3.8, 4) is 10.6 Å². The largest absolute Gasteiger partial charge is 0.281 e. The minimum Gasteiger partial charge on any atom is -0.281 e. The zero-order valence-electron chi connectivity index (χ0n) is 14.3. The number of fused-ring (bicyclic) bond motifs is 2. The topological polar surface area (TPSA) is 115 Å². The summed E-state index contributed by atoms with van der Waals surface area (Å²) in [6.45, 7) is 0. The number of aromatic nitrogens is 6. The molecule has 29 heavy (non-hydrogen) atoms. The summed E-state index contributed by atoms with van der Waals surface area (Å²) in [6.07, 6.45) is 0.393. The van der Waals surface area contributed by atoms with Crippen LogP contribution in [0.5, 0.6) is 0 Å². The molecular weight excluding hydrogens is 437 g/mol. The Kier molecular flexibility index (Phi) is 4.19. The van der Waals surface area contributed by atoms with Gasteiger partial charge in [-0.3, -0.25) is 15.2 Å². The number of nitro benzene ring substituents is 1. The second kappa shape index (κ2) is 6.76. The first-order valence-electron chi connectivity index (χ1n) is 8.27. The molecule has 9 nitrogen and oxygen atoms in total. The standard InChI is InChI=1S/C17H9Cl2N7O2S/c18-8-2-4-12-11(5-8)13(21-20-12)7-15-22-23-17-25(15)24-16(29-17)10-3-1-9(19)6-14(10)26(27)28/h1-6H,7H2,(H,20,21). The number of halogens is 2. The highest BCUT2D eigenvalue weighted by Crippen LogP contribution is 2.35. The van der Waals surface area contributed by atoms with Gasteiger partial charge in [-0.05, 0) is 30.3 Å². The molecule has 0 radical (unpaired) electrons. The van der Waals surface area contributed by atoms with Crippen molar-refractivity contribution in [3.05, 3.63) is 68.1 Å². The normalized spacial score (nSPS) is 11.5. The van der Waals surface area contributed by atoms with Crippen LogP contribution in [0.2, 0.25) is 10.0 Å². The van der Waals surface area contributed by atoms with Crippen molar-refractivity contribution in [2.45, 2.75) is 6.42 Å². The molecule has 0 aliphatic heterocycles. The third-order valence-corrected chi connectivity index (χ3v) is 5.77. The highest BCUT2D eigenvalue weighted by molar-refractivity contribution is 7.19. The lowest BCUT2D eigenvalue weighted by Crippen LogP contribution is -1.99. The minimum atomic E-state index is -0.481. The maximum atomic E-state index is 11.4. The van der Waals surface area contributed by atoms with Crippen LogP contribution in [0.4, 0.5) is 5.69 Å². The van der Waals surface area contributed by atoms with Gasteiger partial charge in [-0.2, -0.15) is 14.7 Å². The number of nitro groups is 1. The van der Waals surface area contributed by atoms with E-state index in [0.29, 0.717) is 32.8 Å². The van der Waals surface area contributed by atoms with E-state index >= 15 is 0 Å². The average Bonchev–Trinajstić information content (AvgIpc) is 3.38. The van der Waals surface area contributed by atoms with Crippen LogP contribution in [-0.2, 0) is 6.42 Å². The van der Waals surface area contributed by atoms with Crippen LogP contribution < -0.4 is 0 Å². The van der Waals surface area contributed by atoms with Gasteiger partial charge < -0.3 is 0 Å². The van der Waals surface area contributed by atoms with Crippen LogP contribution in [0.1, 0.15) is 11.5 Å². The van der Waals surface area contributed by atoms with Gasteiger partial charge in [0.05, 0.1) is 28.1 Å². The second-order valence-electron chi connectivity index (χ2n) is 6.18. The maximum absolute atomic E-state index is 11.4. The molecule has 0 atom stereocenters. The number of rotatable bonds is 4. The SMILES string of the molecule is O=[N+]([O-])c1cc(Cl)ccc1-c1nn2c(Cc3[nH]nc4ccc(Cl)cc34)nnc2s1. The number of nitrogens with one attached hydrogen (secondary N) is 1. The first-order valence-corrected chi connectivity index (χ1v) is 9.85. The highest BCUT2D eigenvalue weighted by atomic mass is 35.5. The summed E-state index contributed by atoms with van der Waals surface area (Å²) in [7, 11) is 0.